The molecule has 0 radical (unpaired) electrons. The number of hydrogen-bond donors (Lipinski definition) is 2. The molecule has 136 valence electrons. The fourth-order valence-electron chi connectivity index (χ4n) is 3.48. The molecule has 2 N–H and O–H groups in total. The number of carbonyl (C=O) groups excluding carboxylic acids is 1. The van der Waals surface area contributed by atoms with Crippen molar-refractivity contribution in [2.75, 3.05) is 6.61 Å². The lowest BCUT2D eigenvalue weighted by Gasteiger charge is -2.17. The third-order valence-corrected chi connectivity index (χ3v) is 5.43. The zero-order chi connectivity index (χ0) is 18.8. The van der Waals surface area contributed by atoms with E-state index in [9.17, 15) is 14.7 Å². The third kappa shape index (κ3) is 3.31. The number of benzene rings is 2. The van der Waals surface area contributed by atoms with E-state index in [-0.39, 0.29) is 12.5 Å². The van der Waals surface area contributed by atoms with Crippen LogP contribution in [0.25, 0.3) is 11.1 Å². The number of alkyl carbamates (subject to hydrolysis) is 1. The molecule has 5 nitrogen and oxygen atoms in total. The monoisotopic (exact) mass is 379 g/mol. The first-order chi connectivity index (χ1) is 13.1. The van der Waals surface area contributed by atoms with Crippen molar-refractivity contribution < 1.29 is 19.4 Å². The summed E-state index contributed by atoms with van der Waals surface area (Å²) in [4.78, 5) is 23.7. The zero-order valence-corrected chi connectivity index (χ0v) is 15.1. The maximum absolute atomic E-state index is 12.2. The summed E-state index contributed by atoms with van der Waals surface area (Å²) in [5.74, 6) is -1.19. The normalized spacial score (nSPS) is 13.5. The molecular weight excluding hydrogens is 362 g/mol. The van der Waals surface area contributed by atoms with Crippen LogP contribution >= 0.6 is 11.3 Å². The van der Waals surface area contributed by atoms with Gasteiger partial charge in [-0.25, -0.2) is 9.59 Å². The molecule has 0 saturated carbocycles. The van der Waals surface area contributed by atoms with Gasteiger partial charge in [-0.05, 0) is 44.6 Å². The second kappa shape index (κ2) is 7.25. The first-order valence-corrected chi connectivity index (χ1v) is 9.46. The number of aliphatic carboxylic acids is 1. The van der Waals surface area contributed by atoms with Crippen molar-refractivity contribution >= 4 is 23.4 Å². The maximum atomic E-state index is 12.2. The number of carbonyl (C=O) groups is 2. The fraction of sp³-hybridized carbons (Fsp3) is 0.143. The Labute approximate surface area is 160 Å². The maximum Gasteiger partial charge on any atom is 0.408 e. The number of carboxylic acids is 1. The van der Waals surface area contributed by atoms with Crippen LogP contribution in [0.3, 0.4) is 0 Å². The quantitative estimate of drug-likeness (QED) is 0.688. The molecule has 6 heteroatoms. The molecule has 0 spiro atoms. The molecule has 0 bridgehead atoms. The van der Waals surface area contributed by atoms with E-state index in [4.69, 9.17) is 4.74 Å². The van der Waals surface area contributed by atoms with Crippen LogP contribution in [0.15, 0.2) is 65.4 Å². The van der Waals surface area contributed by atoms with Crippen LogP contribution in [0, 0.1) is 0 Å². The van der Waals surface area contributed by atoms with Gasteiger partial charge >= 0.3 is 12.1 Å². The minimum Gasteiger partial charge on any atom is -0.479 e. The summed E-state index contributed by atoms with van der Waals surface area (Å²) in [6.07, 6.45) is -0.740. The Morgan fingerprint density at radius 2 is 1.67 bits per heavy atom. The third-order valence-electron chi connectivity index (χ3n) is 4.73. The van der Waals surface area contributed by atoms with Gasteiger partial charge in [0.05, 0.1) is 0 Å². The van der Waals surface area contributed by atoms with Crippen molar-refractivity contribution in [2.24, 2.45) is 0 Å². The minimum atomic E-state index is -1.12. The summed E-state index contributed by atoms with van der Waals surface area (Å²) in [5, 5.41) is 15.3. The SMILES string of the molecule is O=C(N[C@@H](C(=O)O)c1ccsc1)OCC1c2ccccc2-c2ccccc21. The van der Waals surface area contributed by atoms with Crippen LogP contribution < -0.4 is 5.32 Å². The highest BCUT2D eigenvalue weighted by Gasteiger charge is 2.30. The standard InChI is InChI=1S/C21H17NO4S/c23-20(24)19(13-9-10-27-12-13)22-21(25)26-11-18-16-7-3-1-5-14(16)15-6-2-4-8-17(15)18/h1-10,12,18-19H,11H2,(H,22,25)(H,23,24)/t19-/m1/s1. The lowest BCUT2D eigenvalue weighted by molar-refractivity contribution is -0.139. The van der Waals surface area contributed by atoms with Crippen LogP contribution in [0.5, 0.6) is 0 Å². The van der Waals surface area contributed by atoms with Crippen molar-refractivity contribution in [3.8, 4) is 11.1 Å². The largest absolute Gasteiger partial charge is 0.479 e. The summed E-state index contributed by atoms with van der Waals surface area (Å²) in [6.45, 7) is 0.149. The second-order valence-electron chi connectivity index (χ2n) is 6.30. The number of thiophene rings is 1. The first kappa shape index (κ1) is 17.3. The number of hydrogen-bond acceptors (Lipinski definition) is 4. The summed E-state index contributed by atoms with van der Waals surface area (Å²) in [7, 11) is 0. The Morgan fingerprint density at radius 3 is 2.22 bits per heavy atom. The lowest BCUT2D eigenvalue weighted by atomic mass is 9.98. The summed E-state index contributed by atoms with van der Waals surface area (Å²) < 4.78 is 5.41. The number of nitrogens with one attached hydrogen (secondary N) is 1. The number of carboxylic acid groups (broad SMARTS) is 1. The Balaban J connectivity index is 1.49. The number of amides is 1. The van der Waals surface area contributed by atoms with E-state index in [1.165, 1.54) is 11.3 Å². The van der Waals surface area contributed by atoms with Gasteiger partial charge in [0, 0.05) is 5.92 Å². The van der Waals surface area contributed by atoms with Crippen LogP contribution in [-0.2, 0) is 9.53 Å². The van der Waals surface area contributed by atoms with E-state index in [0.29, 0.717) is 5.56 Å². The van der Waals surface area contributed by atoms with Gasteiger partial charge < -0.3 is 15.2 Å². The van der Waals surface area contributed by atoms with Crippen LogP contribution in [-0.4, -0.2) is 23.8 Å². The molecule has 1 atom stereocenters. The molecule has 1 aliphatic carbocycles. The predicted octanol–water partition coefficient (Wildman–Crippen LogP) is 4.41. The van der Waals surface area contributed by atoms with E-state index in [0.717, 1.165) is 22.3 Å². The predicted molar refractivity (Wildman–Crippen MR) is 103 cm³/mol. The van der Waals surface area contributed by atoms with E-state index >= 15 is 0 Å². The van der Waals surface area contributed by atoms with E-state index in [1.807, 2.05) is 36.4 Å². The first-order valence-electron chi connectivity index (χ1n) is 8.51. The van der Waals surface area contributed by atoms with Crippen molar-refractivity contribution in [2.45, 2.75) is 12.0 Å². The van der Waals surface area contributed by atoms with Crippen molar-refractivity contribution in [1.82, 2.24) is 5.32 Å². The van der Waals surface area contributed by atoms with Gasteiger partial charge in [-0.15, -0.1) is 0 Å². The van der Waals surface area contributed by atoms with Crippen LogP contribution in [0.4, 0.5) is 4.79 Å². The van der Waals surface area contributed by atoms with Crippen LogP contribution in [0.2, 0.25) is 0 Å². The summed E-state index contributed by atoms with van der Waals surface area (Å²) in [6, 6.07) is 16.7. The molecule has 0 saturated heterocycles. The van der Waals surface area contributed by atoms with Gasteiger partial charge in [-0.3, -0.25) is 0 Å². The Morgan fingerprint density at radius 1 is 1.04 bits per heavy atom. The smallest absolute Gasteiger partial charge is 0.408 e. The number of fused-ring (bicyclic) bond motifs is 3. The van der Waals surface area contributed by atoms with Crippen molar-refractivity contribution in [1.29, 1.82) is 0 Å². The van der Waals surface area contributed by atoms with Crippen molar-refractivity contribution in [3.05, 3.63) is 82.0 Å². The Hall–Kier alpha value is -3.12. The molecule has 0 unspecified atom stereocenters. The van der Waals surface area contributed by atoms with Crippen LogP contribution in [0.1, 0.15) is 28.7 Å². The van der Waals surface area contributed by atoms with Gasteiger partial charge in [-0.1, -0.05) is 48.5 Å². The molecule has 4 rings (SSSR count). The van der Waals surface area contributed by atoms with Gasteiger partial charge in [-0.2, -0.15) is 11.3 Å². The number of ether oxygens (including phenoxy) is 1. The highest BCUT2D eigenvalue weighted by Crippen LogP contribution is 2.44. The van der Waals surface area contributed by atoms with Gasteiger partial charge in [0.2, 0.25) is 0 Å². The topological polar surface area (TPSA) is 75.6 Å². The lowest BCUT2D eigenvalue weighted by Crippen LogP contribution is -2.34. The highest BCUT2D eigenvalue weighted by atomic mass is 32.1. The fourth-order valence-corrected chi connectivity index (χ4v) is 4.17. The molecular formula is C21H17NO4S. The molecule has 2 aromatic carbocycles. The molecule has 0 fully saturated rings. The van der Waals surface area contributed by atoms with Crippen molar-refractivity contribution in [3.63, 3.8) is 0 Å². The van der Waals surface area contributed by atoms with E-state index in [1.54, 1.807) is 16.8 Å². The van der Waals surface area contributed by atoms with E-state index in [2.05, 4.69) is 17.4 Å². The molecule has 1 aliphatic rings. The average molecular weight is 379 g/mol. The Kier molecular flexibility index (Phi) is 4.64. The Bertz CT molecular complexity index is 938. The molecule has 0 aliphatic heterocycles. The average Bonchev–Trinajstić information content (AvgIpc) is 3.31. The highest BCUT2D eigenvalue weighted by molar-refractivity contribution is 7.08. The number of rotatable bonds is 5. The summed E-state index contributed by atoms with van der Waals surface area (Å²) >= 11 is 1.38. The molecule has 1 heterocycles. The minimum absolute atomic E-state index is 0.0624. The van der Waals surface area contributed by atoms with Gasteiger partial charge in [0.25, 0.3) is 0 Å². The molecule has 27 heavy (non-hydrogen) atoms. The van der Waals surface area contributed by atoms with Gasteiger partial charge in [0.15, 0.2) is 6.04 Å². The summed E-state index contributed by atoms with van der Waals surface area (Å²) in [5.41, 5.74) is 5.03. The molecule has 1 amide bonds. The molecule has 3 aromatic rings. The second-order valence-corrected chi connectivity index (χ2v) is 7.08. The van der Waals surface area contributed by atoms with Gasteiger partial charge in [0.1, 0.15) is 6.61 Å². The molecule has 1 aromatic heterocycles. The zero-order valence-electron chi connectivity index (χ0n) is 14.3. The van der Waals surface area contributed by atoms with E-state index < -0.39 is 18.1 Å².